The zero-order valence-electron chi connectivity index (χ0n) is 12.7. The summed E-state index contributed by atoms with van der Waals surface area (Å²) in [5.41, 5.74) is 1.22. The highest BCUT2D eigenvalue weighted by atomic mass is 19.1. The predicted molar refractivity (Wildman–Crippen MR) is 84.6 cm³/mol. The van der Waals surface area contributed by atoms with Gasteiger partial charge in [0, 0.05) is 12.7 Å². The quantitative estimate of drug-likeness (QED) is 0.660. The lowest BCUT2D eigenvalue weighted by atomic mass is 10.1. The molecule has 0 saturated carbocycles. The molecule has 3 N–H and O–H groups in total. The third-order valence-corrected chi connectivity index (χ3v) is 3.50. The van der Waals surface area contributed by atoms with E-state index in [4.69, 9.17) is 0 Å². The molecule has 0 aliphatic rings. The van der Waals surface area contributed by atoms with Crippen molar-refractivity contribution < 1.29 is 14.3 Å². The van der Waals surface area contributed by atoms with Gasteiger partial charge in [-0.2, -0.15) is 0 Å². The van der Waals surface area contributed by atoms with Crippen LogP contribution in [-0.2, 0) is 6.54 Å². The van der Waals surface area contributed by atoms with Gasteiger partial charge in [0.2, 0.25) is 0 Å². The Balaban J connectivity index is 1.50. The Morgan fingerprint density at radius 3 is 2.75 bits per heavy atom. The monoisotopic (exact) mass is 329 g/mol. The molecule has 3 aromatic rings. The first-order valence-corrected chi connectivity index (χ1v) is 7.37. The summed E-state index contributed by atoms with van der Waals surface area (Å²) >= 11 is 0. The van der Waals surface area contributed by atoms with Crippen molar-refractivity contribution in [1.29, 1.82) is 0 Å². The number of aromatic nitrogens is 3. The molecule has 2 aromatic heterocycles. The number of urea groups is 1. The Hall–Kier alpha value is -3.00. The van der Waals surface area contributed by atoms with E-state index in [2.05, 4.69) is 20.8 Å². The van der Waals surface area contributed by atoms with Crippen LogP contribution in [-0.4, -0.2) is 32.3 Å². The van der Waals surface area contributed by atoms with Crippen LogP contribution in [0.2, 0.25) is 0 Å². The fraction of sp³-hybridized carbons (Fsp3) is 0.188. The molecule has 0 aliphatic heterocycles. The van der Waals surface area contributed by atoms with Crippen molar-refractivity contribution in [3.8, 4) is 0 Å². The second-order valence-electron chi connectivity index (χ2n) is 5.18. The summed E-state index contributed by atoms with van der Waals surface area (Å²) in [5, 5.41) is 23.2. The number of halogens is 1. The normalized spacial score (nSPS) is 12.1. The van der Waals surface area contributed by atoms with E-state index in [0.29, 0.717) is 17.0 Å². The minimum absolute atomic E-state index is 0.0120. The van der Waals surface area contributed by atoms with Crippen LogP contribution in [0.3, 0.4) is 0 Å². The topological polar surface area (TPSA) is 91.6 Å². The van der Waals surface area contributed by atoms with Gasteiger partial charge >= 0.3 is 6.03 Å². The van der Waals surface area contributed by atoms with E-state index < -0.39 is 12.1 Å². The summed E-state index contributed by atoms with van der Waals surface area (Å²) in [5.74, 6) is 0.219. The van der Waals surface area contributed by atoms with Crippen LogP contribution in [0.4, 0.5) is 9.18 Å². The van der Waals surface area contributed by atoms with Gasteiger partial charge in [-0.05, 0) is 29.8 Å². The number of aliphatic hydroxyl groups is 1. The van der Waals surface area contributed by atoms with Gasteiger partial charge in [-0.1, -0.05) is 18.2 Å². The summed E-state index contributed by atoms with van der Waals surface area (Å²) in [6.07, 6.45) is 0.896. The lowest BCUT2D eigenvalue weighted by Gasteiger charge is -2.12. The predicted octanol–water partition coefficient (Wildman–Crippen LogP) is 1.40. The summed E-state index contributed by atoms with van der Waals surface area (Å²) in [6.45, 7) is 0.210. The van der Waals surface area contributed by atoms with Crippen LogP contribution < -0.4 is 10.6 Å². The second kappa shape index (κ2) is 7.05. The standard InChI is InChI=1S/C16H16FN5O2/c17-12-6-4-11(5-7-12)13(23)9-18-16(24)19-10-15-21-20-14-3-1-2-8-22(14)15/h1-8,13,23H,9-10H2,(H2,18,19,24). The summed E-state index contributed by atoms with van der Waals surface area (Å²) in [4.78, 5) is 11.8. The number of rotatable bonds is 5. The number of fused-ring (bicyclic) bond motifs is 1. The molecule has 2 amide bonds. The van der Waals surface area contributed by atoms with Crippen molar-refractivity contribution >= 4 is 11.7 Å². The smallest absolute Gasteiger partial charge is 0.315 e. The Kier molecular flexibility index (Phi) is 4.66. The number of hydrogen-bond donors (Lipinski definition) is 3. The van der Waals surface area contributed by atoms with Crippen LogP contribution in [0, 0.1) is 5.82 Å². The van der Waals surface area contributed by atoms with Gasteiger partial charge in [-0.3, -0.25) is 4.40 Å². The molecule has 24 heavy (non-hydrogen) atoms. The Morgan fingerprint density at radius 2 is 1.96 bits per heavy atom. The maximum Gasteiger partial charge on any atom is 0.315 e. The summed E-state index contributed by atoms with van der Waals surface area (Å²) < 4.78 is 14.6. The number of nitrogens with one attached hydrogen (secondary N) is 2. The van der Waals surface area contributed by atoms with E-state index in [0.717, 1.165) is 0 Å². The number of amides is 2. The SMILES string of the molecule is O=C(NCc1nnc2ccccn12)NCC(O)c1ccc(F)cc1. The molecule has 0 radical (unpaired) electrons. The highest BCUT2D eigenvalue weighted by molar-refractivity contribution is 5.73. The molecule has 3 rings (SSSR count). The summed E-state index contributed by atoms with van der Waals surface area (Å²) in [7, 11) is 0. The van der Waals surface area contributed by atoms with Crippen molar-refractivity contribution in [1.82, 2.24) is 25.2 Å². The number of aliphatic hydroxyl groups excluding tert-OH is 1. The van der Waals surface area contributed by atoms with Crippen molar-refractivity contribution in [2.45, 2.75) is 12.6 Å². The molecule has 1 atom stereocenters. The molecule has 0 aliphatic carbocycles. The molecule has 0 spiro atoms. The lowest BCUT2D eigenvalue weighted by molar-refractivity contribution is 0.173. The first-order valence-electron chi connectivity index (χ1n) is 7.37. The Bertz CT molecular complexity index is 834. The molecule has 124 valence electrons. The fourth-order valence-electron chi connectivity index (χ4n) is 2.23. The van der Waals surface area contributed by atoms with Gasteiger partial charge < -0.3 is 15.7 Å². The van der Waals surface area contributed by atoms with E-state index in [-0.39, 0.29) is 18.9 Å². The average molecular weight is 329 g/mol. The molecule has 0 saturated heterocycles. The maximum absolute atomic E-state index is 12.8. The third kappa shape index (κ3) is 3.66. The minimum Gasteiger partial charge on any atom is -0.387 e. The van der Waals surface area contributed by atoms with Crippen LogP contribution in [0.25, 0.3) is 5.65 Å². The molecule has 0 bridgehead atoms. The van der Waals surface area contributed by atoms with Crippen molar-refractivity contribution in [3.05, 3.63) is 65.9 Å². The maximum atomic E-state index is 12.8. The average Bonchev–Trinajstić information content (AvgIpc) is 3.01. The van der Waals surface area contributed by atoms with Crippen LogP contribution in [0.5, 0.6) is 0 Å². The van der Waals surface area contributed by atoms with E-state index >= 15 is 0 Å². The van der Waals surface area contributed by atoms with Crippen LogP contribution >= 0.6 is 0 Å². The van der Waals surface area contributed by atoms with Crippen LogP contribution in [0.1, 0.15) is 17.5 Å². The van der Waals surface area contributed by atoms with E-state index in [1.54, 1.807) is 4.40 Å². The molecule has 8 heteroatoms. The zero-order chi connectivity index (χ0) is 16.9. The highest BCUT2D eigenvalue weighted by Crippen LogP contribution is 2.12. The first-order chi connectivity index (χ1) is 11.6. The number of nitrogens with zero attached hydrogens (tertiary/aromatic N) is 3. The Labute approximate surface area is 137 Å². The van der Waals surface area contributed by atoms with Gasteiger partial charge in [0.05, 0.1) is 12.6 Å². The van der Waals surface area contributed by atoms with Gasteiger partial charge in [-0.15, -0.1) is 10.2 Å². The van der Waals surface area contributed by atoms with Gasteiger partial charge in [0.15, 0.2) is 11.5 Å². The minimum atomic E-state index is -0.912. The second-order valence-corrected chi connectivity index (χ2v) is 5.18. The number of benzene rings is 1. The van der Waals surface area contributed by atoms with Gasteiger partial charge in [0.1, 0.15) is 5.82 Å². The van der Waals surface area contributed by atoms with Crippen molar-refractivity contribution in [2.24, 2.45) is 0 Å². The molecule has 2 heterocycles. The van der Waals surface area contributed by atoms with Gasteiger partial charge in [0.25, 0.3) is 0 Å². The number of carbonyl (C=O) groups excluding carboxylic acids is 1. The number of hydrogen-bond acceptors (Lipinski definition) is 4. The molecule has 1 aromatic carbocycles. The molecule has 7 nitrogen and oxygen atoms in total. The van der Waals surface area contributed by atoms with E-state index in [1.165, 1.54) is 24.3 Å². The largest absolute Gasteiger partial charge is 0.387 e. The van der Waals surface area contributed by atoms with E-state index in [1.807, 2.05) is 24.4 Å². The number of pyridine rings is 1. The molecular weight excluding hydrogens is 313 g/mol. The third-order valence-electron chi connectivity index (χ3n) is 3.50. The molecule has 0 fully saturated rings. The van der Waals surface area contributed by atoms with E-state index in [9.17, 15) is 14.3 Å². The molecular formula is C16H16FN5O2. The first kappa shape index (κ1) is 15.9. The zero-order valence-corrected chi connectivity index (χ0v) is 12.7. The highest BCUT2D eigenvalue weighted by Gasteiger charge is 2.10. The molecule has 1 unspecified atom stereocenters. The van der Waals surface area contributed by atoms with Gasteiger partial charge in [-0.25, -0.2) is 9.18 Å². The van der Waals surface area contributed by atoms with Crippen molar-refractivity contribution in [3.63, 3.8) is 0 Å². The fourth-order valence-corrected chi connectivity index (χ4v) is 2.23. The van der Waals surface area contributed by atoms with Crippen LogP contribution in [0.15, 0.2) is 48.7 Å². The van der Waals surface area contributed by atoms with Crippen molar-refractivity contribution in [2.75, 3.05) is 6.54 Å². The number of carbonyl (C=O) groups is 1. The lowest BCUT2D eigenvalue weighted by Crippen LogP contribution is -2.37. The Morgan fingerprint density at radius 1 is 1.17 bits per heavy atom. The summed E-state index contributed by atoms with van der Waals surface area (Å²) in [6, 6.07) is 10.5.